The molecule has 7 nitrogen and oxygen atoms in total. The molecule has 0 radical (unpaired) electrons. The van der Waals surface area contributed by atoms with E-state index in [4.69, 9.17) is 9.73 Å². The van der Waals surface area contributed by atoms with E-state index in [-0.39, 0.29) is 29.9 Å². The number of carbonyl (C=O) groups is 1. The number of halogens is 1. The van der Waals surface area contributed by atoms with E-state index < -0.39 is 0 Å². The van der Waals surface area contributed by atoms with Crippen LogP contribution in [0.2, 0.25) is 0 Å². The quantitative estimate of drug-likeness (QED) is 0.218. The van der Waals surface area contributed by atoms with Crippen LogP contribution in [0.4, 0.5) is 5.69 Å². The number of anilines is 1. The van der Waals surface area contributed by atoms with Gasteiger partial charge in [0.25, 0.3) is 0 Å². The number of morpholine rings is 1. The Labute approximate surface area is 211 Å². The van der Waals surface area contributed by atoms with Crippen molar-refractivity contribution in [2.45, 2.75) is 59.5 Å². The highest BCUT2D eigenvalue weighted by Gasteiger charge is 2.22. The van der Waals surface area contributed by atoms with Gasteiger partial charge in [-0.3, -0.25) is 9.69 Å². The maximum Gasteiger partial charge on any atom is 0.224 e. The summed E-state index contributed by atoms with van der Waals surface area (Å²) in [7, 11) is 0. The zero-order chi connectivity index (χ0) is 22.5. The molecule has 1 aromatic rings. The van der Waals surface area contributed by atoms with Gasteiger partial charge in [-0.15, -0.1) is 24.0 Å². The number of hydrogen-bond donors (Lipinski definition) is 3. The summed E-state index contributed by atoms with van der Waals surface area (Å²) >= 11 is 0. The highest BCUT2D eigenvalue weighted by atomic mass is 127. The number of rotatable bonds is 11. The van der Waals surface area contributed by atoms with Crippen molar-refractivity contribution in [2.24, 2.45) is 10.9 Å². The van der Waals surface area contributed by atoms with Gasteiger partial charge in [0.1, 0.15) is 0 Å². The van der Waals surface area contributed by atoms with Crippen molar-refractivity contribution in [1.82, 2.24) is 15.5 Å². The molecule has 1 fully saturated rings. The molecular formula is C24H42IN5O2. The molecule has 1 saturated heterocycles. The van der Waals surface area contributed by atoms with Gasteiger partial charge < -0.3 is 20.7 Å². The van der Waals surface area contributed by atoms with Gasteiger partial charge in [-0.1, -0.05) is 32.9 Å². The van der Waals surface area contributed by atoms with Crippen LogP contribution in [-0.2, 0) is 16.1 Å². The van der Waals surface area contributed by atoms with E-state index in [0.29, 0.717) is 24.9 Å². The molecular weight excluding hydrogens is 517 g/mol. The Hall–Kier alpha value is -1.39. The molecule has 1 amide bonds. The van der Waals surface area contributed by atoms with E-state index >= 15 is 0 Å². The predicted octanol–water partition coefficient (Wildman–Crippen LogP) is 3.85. The van der Waals surface area contributed by atoms with Crippen LogP contribution in [0.3, 0.4) is 0 Å². The lowest BCUT2D eigenvalue weighted by Gasteiger charge is -2.35. The topological polar surface area (TPSA) is 78.0 Å². The molecule has 8 heteroatoms. The van der Waals surface area contributed by atoms with Crippen LogP contribution in [0, 0.1) is 5.92 Å². The van der Waals surface area contributed by atoms with Gasteiger partial charge in [-0.25, -0.2) is 4.99 Å². The molecule has 0 bridgehead atoms. The smallest absolute Gasteiger partial charge is 0.224 e. The monoisotopic (exact) mass is 559 g/mol. The number of hydrogen-bond acceptors (Lipinski definition) is 4. The molecule has 1 aliphatic rings. The maximum absolute atomic E-state index is 11.7. The largest absolute Gasteiger partial charge is 0.379 e. The Morgan fingerprint density at radius 1 is 1.12 bits per heavy atom. The van der Waals surface area contributed by atoms with Gasteiger partial charge >= 0.3 is 0 Å². The van der Waals surface area contributed by atoms with Crippen LogP contribution in [0.5, 0.6) is 0 Å². The SMILES string of the molecule is CCCC(=O)Nc1ccc(CN=C(NCC)NCC(CC(C)C)N2CCOCC2)cc1.I. The minimum absolute atomic E-state index is 0. The summed E-state index contributed by atoms with van der Waals surface area (Å²) in [5, 5.41) is 9.82. The predicted molar refractivity (Wildman–Crippen MR) is 144 cm³/mol. The first-order valence-electron chi connectivity index (χ1n) is 11.7. The van der Waals surface area contributed by atoms with Crippen molar-refractivity contribution >= 4 is 41.5 Å². The average Bonchev–Trinajstić information content (AvgIpc) is 2.76. The fourth-order valence-electron chi connectivity index (χ4n) is 3.72. The fourth-order valence-corrected chi connectivity index (χ4v) is 3.72. The van der Waals surface area contributed by atoms with Crippen molar-refractivity contribution in [3.8, 4) is 0 Å². The fraction of sp³-hybridized carbons (Fsp3) is 0.667. The Morgan fingerprint density at radius 2 is 1.81 bits per heavy atom. The molecule has 0 aromatic heterocycles. The Kier molecular flexibility index (Phi) is 14.6. The summed E-state index contributed by atoms with van der Waals surface area (Å²) in [5.41, 5.74) is 1.94. The van der Waals surface area contributed by atoms with Crippen molar-refractivity contribution in [1.29, 1.82) is 0 Å². The number of nitrogens with zero attached hydrogens (tertiary/aromatic N) is 2. The van der Waals surface area contributed by atoms with E-state index in [2.05, 4.69) is 41.6 Å². The third kappa shape index (κ3) is 11.0. The zero-order valence-electron chi connectivity index (χ0n) is 20.2. The second kappa shape index (κ2) is 16.3. The number of nitrogens with one attached hydrogen (secondary N) is 3. The molecule has 1 aromatic carbocycles. The van der Waals surface area contributed by atoms with E-state index in [1.165, 1.54) is 0 Å². The summed E-state index contributed by atoms with van der Waals surface area (Å²) in [4.78, 5) is 19.0. The standard InChI is InChI=1S/C24H41N5O2.HI/c1-5-7-23(30)28-21-10-8-20(9-11-21)17-26-24(25-6-2)27-18-22(16-19(3)4)29-12-14-31-15-13-29;/h8-11,19,22H,5-7,12-18H2,1-4H3,(H,28,30)(H2,25,26,27);1H. The van der Waals surface area contributed by atoms with Crippen LogP contribution in [0.15, 0.2) is 29.3 Å². The van der Waals surface area contributed by atoms with Gasteiger partial charge in [-0.2, -0.15) is 0 Å². The highest BCUT2D eigenvalue weighted by Crippen LogP contribution is 2.13. The molecule has 0 saturated carbocycles. The van der Waals surface area contributed by atoms with E-state index in [0.717, 1.165) is 69.4 Å². The first-order valence-corrected chi connectivity index (χ1v) is 11.7. The van der Waals surface area contributed by atoms with Gasteiger partial charge in [0.05, 0.1) is 19.8 Å². The summed E-state index contributed by atoms with van der Waals surface area (Å²) in [5.74, 6) is 1.54. The lowest BCUT2D eigenvalue weighted by Crippen LogP contribution is -2.51. The van der Waals surface area contributed by atoms with Gasteiger partial charge in [0, 0.05) is 44.3 Å². The van der Waals surface area contributed by atoms with Crippen LogP contribution < -0.4 is 16.0 Å². The summed E-state index contributed by atoms with van der Waals surface area (Å²) in [6.07, 6.45) is 2.55. The van der Waals surface area contributed by atoms with E-state index in [9.17, 15) is 4.79 Å². The first kappa shape index (κ1) is 28.6. The van der Waals surface area contributed by atoms with Crippen LogP contribution >= 0.6 is 24.0 Å². The Bertz CT molecular complexity index is 675. The van der Waals surface area contributed by atoms with Crippen molar-refractivity contribution < 1.29 is 9.53 Å². The Balaban J connectivity index is 0.00000512. The second-order valence-electron chi connectivity index (χ2n) is 8.50. The van der Waals surface area contributed by atoms with Crippen molar-refractivity contribution in [2.75, 3.05) is 44.7 Å². The molecule has 182 valence electrons. The number of benzene rings is 1. The number of carbonyl (C=O) groups excluding carboxylic acids is 1. The van der Waals surface area contributed by atoms with Gasteiger partial charge in [0.2, 0.25) is 5.91 Å². The first-order chi connectivity index (χ1) is 15.0. The molecule has 2 rings (SSSR count). The number of ether oxygens (including phenoxy) is 1. The minimum Gasteiger partial charge on any atom is -0.379 e. The lowest BCUT2D eigenvalue weighted by molar-refractivity contribution is -0.116. The third-order valence-electron chi connectivity index (χ3n) is 5.29. The van der Waals surface area contributed by atoms with Crippen LogP contribution in [0.25, 0.3) is 0 Å². The van der Waals surface area contributed by atoms with Crippen LogP contribution in [-0.4, -0.2) is 62.2 Å². The van der Waals surface area contributed by atoms with E-state index in [1.807, 2.05) is 31.2 Å². The second-order valence-corrected chi connectivity index (χ2v) is 8.50. The highest BCUT2D eigenvalue weighted by molar-refractivity contribution is 14.0. The molecule has 3 N–H and O–H groups in total. The molecule has 1 aliphatic heterocycles. The summed E-state index contributed by atoms with van der Waals surface area (Å²) < 4.78 is 5.53. The lowest BCUT2D eigenvalue weighted by atomic mass is 10.0. The maximum atomic E-state index is 11.7. The zero-order valence-corrected chi connectivity index (χ0v) is 22.5. The molecule has 32 heavy (non-hydrogen) atoms. The van der Waals surface area contributed by atoms with Crippen molar-refractivity contribution in [3.63, 3.8) is 0 Å². The minimum atomic E-state index is 0. The Morgan fingerprint density at radius 3 is 2.41 bits per heavy atom. The number of aliphatic imine (C=N–C) groups is 1. The molecule has 1 heterocycles. The van der Waals surface area contributed by atoms with Crippen LogP contribution in [0.1, 0.15) is 52.5 Å². The number of guanidine groups is 1. The third-order valence-corrected chi connectivity index (χ3v) is 5.29. The normalized spacial score (nSPS) is 15.7. The van der Waals surface area contributed by atoms with E-state index in [1.54, 1.807) is 0 Å². The van der Waals surface area contributed by atoms with Gasteiger partial charge in [0.15, 0.2) is 5.96 Å². The molecule has 1 unspecified atom stereocenters. The number of amides is 1. The van der Waals surface area contributed by atoms with Gasteiger partial charge in [-0.05, 0) is 43.4 Å². The average molecular weight is 560 g/mol. The summed E-state index contributed by atoms with van der Waals surface area (Å²) in [6.45, 7) is 14.5. The molecule has 1 atom stereocenters. The molecule has 0 aliphatic carbocycles. The summed E-state index contributed by atoms with van der Waals surface area (Å²) in [6, 6.07) is 8.39. The molecule has 0 spiro atoms. The van der Waals surface area contributed by atoms with Crippen molar-refractivity contribution in [3.05, 3.63) is 29.8 Å².